The Hall–Kier alpha value is -2.88. The predicted octanol–water partition coefficient (Wildman–Crippen LogP) is 4.48. The highest BCUT2D eigenvalue weighted by Crippen LogP contribution is 2.36. The van der Waals surface area contributed by atoms with E-state index >= 15 is 0 Å². The van der Waals surface area contributed by atoms with Crippen LogP contribution >= 0.6 is 11.6 Å². The molecule has 0 saturated heterocycles. The number of hydrogen-bond donors (Lipinski definition) is 0. The van der Waals surface area contributed by atoms with Crippen LogP contribution in [0, 0.1) is 19.7 Å². The van der Waals surface area contributed by atoms with E-state index in [1.165, 1.54) is 24.0 Å². The molecule has 6 nitrogen and oxygen atoms in total. The van der Waals surface area contributed by atoms with Gasteiger partial charge < -0.3 is 4.90 Å². The average molecular weight is 456 g/mol. The summed E-state index contributed by atoms with van der Waals surface area (Å²) in [6.45, 7) is 3.16. The maximum atomic E-state index is 13.3. The van der Waals surface area contributed by atoms with Crippen molar-refractivity contribution in [1.29, 1.82) is 0 Å². The second-order valence-corrected chi connectivity index (χ2v) is 7.70. The molecule has 0 bridgehead atoms. The number of amides is 1. The van der Waals surface area contributed by atoms with Crippen LogP contribution in [0.4, 0.5) is 23.2 Å². The highest BCUT2D eigenvalue weighted by atomic mass is 35.5. The van der Waals surface area contributed by atoms with E-state index in [0.29, 0.717) is 36.5 Å². The molecule has 164 valence electrons. The molecular weight excluding hydrogens is 438 g/mol. The number of anilines is 1. The Kier molecular flexibility index (Phi) is 5.28. The maximum absolute atomic E-state index is 13.3. The van der Waals surface area contributed by atoms with Gasteiger partial charge in [-0.3, -0.25) is 9.48 Å². The van der Waals surface area contributed by atoms with E-state index in [-0.39, 0.29) is 18.1 Å². The van der Waals surface area contributed by atoms with Crippen molar-refractivity contribution in [2.75, 3.05) is 11.4 Å². The molecule has 0 saturated carbocycles. The van der Waals surface area contributed by atoms with Crippen molar-refractivity contribution in [2.24, 2.45) is 0 Å². The minimum absolute atomic E-state index is 0.0679. The topological polar surface area (TPSA) is 56.0 Å². The van der Waals surface area contributed by atoms with Crippen molar-refractivity contribution in [3.63, 3.8) is 0 Å². The standard InChI is InChI=1S/C20H18ClF4N5O/c1-11-18-15(30(26-11)14-7-5-13(22)6-8-14)4-3-9-28(18)16(31)10-29-12(2)17(21)19(27-29)20(23,24)25/h5-8H,3-4,9-10H2,1-2H3. The first kappa shape index (κ1) is 21.4. The van der Waals surface area contributed by atoms with Gasteiger partial charge in [0.1, 0.15) is 12.4 Å². The molecule has 1 aromatic carbocycles. The number of aryl methyl sites for hydroxylation is 1. The molecule has 31 heavy (non-hydrogen) atoms. The molecule has 1 aliphatic heterocycles. The number of halogens is 5. The number of rotatable bonds is 3. The fourth-order valence-electron chi connectivity index (χ4n) is 3.78. The lowest BCUT2D eigenvalue weighted by molar-refractivity contribution is -0.141. The molecule has 1 amide bonds. The van der Waals surface area contributed by atoms with Gasteiger partial charge in [0, 0.05) is 6.54 Å². The first-order valence-electron chi connectivity index (χ1n) is 9.53. The summed E-state index contributed by atoms with van der Waals surface area (Å²) in [6.07, 6.45) is -3.40. The normalized spacial score (nSPS) is 14.1. The largest absolute Gasteiger partial charge is 0.436 e. The van der Waals surface area contributed by atoms with Crippen molar-refractivity contribution in [2.45, 2.75) is 39.4 Å². The van der Waals surface area contributed by atoms with E-state index in [4.69, 9.17) is 11.6 Å². The summed E-state index contributed by atoms with van der Waals surface area (Å²) in [4.78, 5) is 14.6. The Balaban J connectivity index is 1.66. The lowest BCUT2D eigenvalue weighted by atomic mass is 10.1. The van der Waals surface area contributed by atoms with Crippen LogP contribution in [-0.2, 0) is 23.9 Å². The number of hydrogen-bond acceptors (Lipinski definition) is 3. The van der Waals surface area contributed by atoms with Gasteiger partial charge in [-0.1, -0.05) is 11.6 Å². The summed E-state index contributed by atoms with van der Waals surface area (Å²) >= 11 is 5.79. The van der Waals surface area contributed by atoms with Gasteiger partial charge in [0.05, 0.1) is 33.5 Å². The maximum Gasteiger partial charge on any atom is 0.436 e. The third-order valence-electron chi connectivity index (χ3n) is 5.25. The molecular formula is C20H18ClF4N5O. The molecule has 0 unspecified atom stereocenters. The van der Waals surface area contributed by atoms with Crippen molar-refractivity contribution in [3.8, 4) is 5.69 Å². The Morgan fingerprint density at radius 1 is 1.16 bits per heavy atom. The van der Waals surface area contributed by atoms with Gasteiger partial charge in [0.2, 0.25) is 5.91 Å². The molecule has 4 rings (SSSR count). The first-order chi connectivity index (χ1) is 14.6. The zero-order valence-electron chi connectivity index (χ0n) is 16.7. The van der Waals surface area contributed by atoms with E-state index in [2.05, 4.69) is 10.2 Å². The van der Waals surface area contributed by atoms with Crippen molar-refractivity contribution in [1.82, 2.24) is 19.6 Å². The van der Waals surface area contributed by atoms with Crippen molar-refractivity contribution in [3.05, 3.63) is 57.9 Å². The van der Waals surface area contributed by atoms with E-state index < -0.39 is 22.8 Å². The highest BCUT2D eigenvalue weighted by Gasteiger charge is 2.39. The third-order valence-corrected chi connectivity index (χ3v) is 5.70. The molecule has 2 aromatic heterocycles. The predicted molar refractivity (Wildman–Crippen MR) is 106 cm³/mol. The summed E-state index contributed by atoms with van der Waals surface area (Å²) in [5.41, 5.74) is 1.52. The Morgan fingerprint density at radius 3 is 2.45 bits per heavy atom. The summed E-state index contributed by atoms with van der Waals surface area (Å²) in [5.74, 6) is -0.788. The zero-order chi connectivity index (χ0) is 22.5. The molecule has 1 aliphatic rings. The van der Waals surface area contributed by atoms with Crippen LogP contribution in [0.2, 0.25) is 5.02 Å². The van der Waals surface area contributed by atoms with Crippen LogP contribution in [0.3, 0.4) is 0 Å². The number of alkyl halides is 3. The first-order valence-corrected chi connectivity index (χ1v) is 9.90. The van der Waals surface area contributed by atoms with E-state index in [1.54, 1.807) is 23.7 Å². The summed E-state index contributed by atoms with van der Waals surface area (Å²) in [5, 5.41) is 7.50. The highest BCUT2D eigenvalue weighted by molar-refractivity contribution is 6.32. The number of carbonyl (C=O) groups is 1. The quantitative estimate of drug-likeness (QED) is 0.547. The SMILES string of the molecule is Cc1nn(-c2ccc(F)cc2)c2c1N(C(=O)Cn1nc(C(F)(F)F)c(Cl)c1C)CCC2. The Morgan fingerprint density at radius 2 is 1.84 bits per heavy atom. The van der Waals surface area contributed by atoms with Crippen LogP contribution in [-0.4, -0.2) is 32.0 Å². The van der Waals surface area contributed by atoms with Crippen molar-refractivity contribution >= 4 is 23.2 Å². The van der Waals surface area contributed by atoms with E-state index in [9.17, 15) is 22.4 Å². The molecule has 0 N–H and O–H groups in total. The van der Waals surface area contributed by atoms with E-state index in [1.807, 2.05) is 0 Å². The third kappa shape index (κ3) is 3.80. The van der Waals surface area contributed by atoms with Crippen molar-refractivity contribution < 1.29 is 22.4 Å². The molecule has 0 fully saturated rings. The van der Waals surface area contributed by atoms with Crippen LogP contribution in [0.5, 0.6) is 0 Å². The minimum Gasteiger partial charge on any atom is -0.307 e. The van der Waals surface area contributed by atoms with Crippen LogP contribution in [0.1, 0.15) is 29.2 Å². The van der Waals surface area contributed by atoms with Gasteiger partial charge >= 0.3 is 6.18 Å². The molecule has 3 heterocycles. The summed E-state index contributed by atoms with van der Waals surface area (Å²) in [6, 6.07) is 5.84. The fourth-order valence-corrected chi connectivity index (χ4v) is 4.02. The van der Waals surface area contributed by atoms with E-state index in [0.717, 1.165) is 10.4 Å². The summed E-state index contributed by atoms with van der Waals surface area (Å²) < 4.78 is 55.2. The number of fused-ring (bicyclic) bond motifs is 1. The second kappa shape index (κ2) is 7.67. The lowest BCUT2D eigenvalue weighted by Crippen LogP contribution is -2.38. The average Bonchev–Trinajstić information content (AvgIpc) is 3.20. The van der Waals surface area contributed by atoms with Crippen LogP contribution in [0.25, 0.3) is 5.69 Å². The molecule has 3 aromatic rings. The lowest BCUT2D eigenvalue weighted by Gasteiger charge is -2.28. The molecule has 0 aliphatic carbocycles. The molecule has 0 spiro atoms. The fraction of sp³-hybridized carbons (Fsp3) is 0.350. The summed E-state index contributed by atoms with van der Waals surface area (Å²) in [7, 11) is 0. The van der Waals surface area contributed by atoms with Gasteiger partial charge in [-0.05, 0) is 51.0 Å². The number of carbonyl (C=O) groups excluding carboxylic acids is 1. The molecule has 0 atom stereocenters. The van der Waals surface area contributed by atoms with Gasteiger partial charge in [-0.2, -0.15) is 23.4 Å². The Bertz CT molecular complexity index is 1150. The second-order valence-electron chi connectivity index (χ2n) is 7.32. The van der Waals surface area contributed by atoms with Gasteiger partial charge in [0.15, 0.2) is 5.69 Å². The smallest absolute Gasteiger partial charge is 0.307 e. The van der Waals surface area contributed by atoms with Gasteiger partial charge in [-0.15, -0.1) is 0 Å². The number of aromatic nitrogens is 4. The number of benzene rings is 1. The van der Waals surface area contributed by atoms with Gasteiger partial charge in [-0.25, -0.2) is 9.07 Å². The monoisotopic (exact) mass is 455 g/mol. The van der Waals surface area contributed by atoms with Crippen LogP contribution in [0.15, 0.2) is 24.3 Å². The Labute approximate surface area is 180 Å². The minimum atomic E-state index is -4.71. The molecule has 11 heteroatoms. The van der Waals surface area contributed by atoms with Gasteiger partial charge in [0.25, 0.3) is 0 Å². The number of nitrogens with zero attached hydrogens (tertiary/aromatic N) is 5. The zero-order valence-corrected chi connectivity index (χ0v) is 17.4. The molecule has 0 radical (unpaired) electrons. The van der Waals surface area contributed by atoms with Crippen LogP contribution < -0.4 is 4.90 Å².